The van der Waals surface area contributed by atoms with Gasteiger partial charge < -0.3 is 9.97 Å². The molecule has 9 rings (SSSR count). The lowest BCUT2D eigenvalue weighted by molar-refractivity contribution is -0.385. The minimum atomic E-state index is -0.393. The summed E-state index contributed by atoms with van der Waals surface area (Å²) in [5.74, 6) is 0. The summed E-state index contributed by atoms with van der Waals surface area (Å²) in [5, 5.41) is 23.8. The van der Waals surface area contributed by atoms with E-state index in [1.54, 1.807) is 24.3 Å². The summed E-state index contributed by atoms with van der Waals surface area (Å²) in [6.07, 6.45) is 6.20. The summed E-state index contributed by atoms with van der Waals surface area (Å²) in [4.78, 5) is 41.5. The molecule has 0 saturated carbocycles. The van der Waals surface area contributed by atoms with Crippen molar-refractivity contribution in [1.82, 2.24) is 19.9 Å². The van der Waals surface area contributed by atoms with E-state index < -0.39 is 9.85 Å². The normalized spacial score (nSPS) is 13.1. The maximum atomic E-state index is 11.9. The number of aromatic amines is 2. The van der Waals surface area contributed by atoms with Crippen molar-refractivity contribution in [2.45, 2.75) is 105 Å². The monoisotopic (exact) mass is 928 g/mol. The second-order valence-electron chi connectivity index (χ2n) is 22.8. The van der Waals surface area contributed by atoms with Crippen LogP contribution >= 0.6 is 0 Å². The molecule has 0 spiro atoms. The first-order valence-corrected chi connectivity index (χ1v) is 23.8. The SMILES string of the molecule is CC(C)(C)c1cc(-c2c3nc(cc4[nH]c(cc4-c4ccc([N+](=O)[O-])cc4)c(-c4cc(C(C)(C)C)cc(C(C)(C)C)c4)c4nc(cc5ccc2[nH]5)C=C4)C(c2ccc([N+](=O)[O-])cc2)=C3)cc(C(C)(C)C)c1. The van der Waals surface area contributed by atoms with E-state index in [9.17, 15) is 20.2 Å². The first-order valence-electron chi connectivity index (χ1n) is 23.8. The Labute approximate surface area is 409 Å². The fraction of sp³-hybridized carbons (Fsp3) is 0.267. The van der Waals surface area contributed by atoms with Crippen molar-refractivity contribution in [3.8, 4) is 33.4 Å². The highest BCUT2D eigenvalue weighted by molar-refractivity contribution is 6.01. The Morgan fingerprint density at radius 2 is 0.929 bits per heavy atom. The third kappa shape index (κ3) is 9.38. The third-order valence-corrected chi connectivity index (χ3v) is 13.3. The van der Waals surface area contributed by atoms with E-state index in [2.05, 4.69) is 166 Å². The first-order chi connectivity index (χ1) is 32.8. The fourth-order valence-corrected chi connectivity index (χ4v) is 9.08. The van der Waals surface area contributed by atoms with Gasteiger partial charge in [-0.25, -0.2) is 9.97 Å². The molecule has 354 valence electrons. The number of nitrogens with zero attached hydrogens (tertiary/aromatic N) is 4. The van der Waals surface area contributed by atoms with Gasteiger partial charge in [-0.3, -0.25) is 20.2 Å². The number of benzene rings is 4. The van der Waals surface area contributed by atoms with Gasteiger partial charge in [0.2, 0.25) is 0 Å². The van der Waals surface area contributed by atoms with Crippen LogP contribution in [-0.4, -0.2) is 29.8 Å². The summed E-state index contributed by atoms with van der Waals surface area (Å²) >= 11 is 0. The Balaban J connectivity index is 1.47. The van der Waals surface area contributed by atoms with Crippen LogP contribution in [0.2, 0.25) is 0 Å². The number of non-ortho nitro benzene ring substituents is 2. The number of nitro groups is 2. The number of rotatable bonds is 6. The molecule has 7 aromatic rings. The first kappa shape index (κ1) is 47.4. The van der Waals surface area contributed by atoms with Gasteiger partial charge in [-0.2, -0.15) is 0 Å². The summed E-state index contributed by atoms with van der Waals surface area (Å²) in [6, 6.07) is 37.3. The van der Waals surface area contributed by atoms with Crippen molar-refractivity contribution < 1.29 is 9.85 Å². The molecule has 10 heteroatoms. The van der Waals surface area contributed by atoms with Crippen LogP contribution in [0.4, 0.5) is 11.4 Å². The van der Waals surface area contributed by atoms with Crippen LogP contribution < -0.4 is 0 Å². The number of nitro benzene ring substituents is 2. The summed E-state index contributed by atoms with van der Waals surface area (Å²) < 4.78 is 0. The van der Waals surface area contributed by atoms with E-state index in [4.69, 9.17) is 9.97 Å². The number of fused-ring (bicyclic) bond motifs is 8. The Hall–Kier alpha value is -7.72. The van der Waals surface area contributed by atoms with Crippen LogP contribution in [0.3, 0.4) is 0 Å². The standard InChI is InChI=1S/C60H60N6O4/c1-57(2,3)39-25-37(26-40(29-39)58(4,5)6)55-49-23-17-43(61-49)31-44-18-24-50(62-44)56(38-27-41(59(7,8)9)30-42(28-38)60(10,11)12)54-33-48(36-15-21-46(22-16-36)66(69)70)52(64-54)34-51-47(32-53(55)63-51)35-13-19-45(20-14-35)65(67)68/h13-34,61,64H,1-12H3. The Bertz CT molecular complexity index is 3440. The van der Waals surface area contributed by atoms with E-state index in [1.165, 1.54) is 46.5 Å². The number of nitrogens with one attached hydrogen (secondary N) is 2. The molecule has 0 amide bonds. The van der Waals surface area contributed by atoms with Crippen LogP contribution in [0.5, 0.6) is 0 Å². The molecule has 0 fully saturated rings. The number of aromatic nitrogens is 4. The maximum absolute atomic E-state index is 11.9. The number of hydrogen-bond donors (Lipinski definition) is 2. The molecule has 0 aliphatic carbocycles. The summed E-state index contributed by atoms with van der Waals surface area (Å²) in [6.45, 7) is 26.7. The van der Waals surface area contributed by atoms with Crippen molar-refractivity contribution in [1.29, 1.82) is 0 Å². The van der Waals surface area contributed by atoms with Crippen LogP contribution in [0.15, 0.2) is 115 Å². The average molecular weight is 929 g/mol. The van der Waals surface area contributed by atoms with Gasteiger partial charge in [-0.05, 0) is 139 Å². The predicted molar refractivity (Wildman–Crippen MR) is 288 cm³/mol. The molecule has 5 heterocycles. The Morgan fingerprint density at radius 1 is 0.443 bits per heavy atom. The van der Waals surface area contributed by atoms with Crippen LogP contribution in [-0.2, 0) is 21.7 Å². The molecule has 0 atom stereocenters. The third-order valence-electron chi connectivity index (χ3n) is 13.3. The van der Waals surface area contributed by atoms with Crippen molar-refractivity contribution in [3.05, 3.63) is 186 Å². The minimum Gasteiger partial charge on any atom is -0.355 e. The van der Waals surface area contributed by atoms with Gasteiger partial charge in [0.15, 0.2) is 0 Å². The molecule has 2 aliphatic rings. The number of hydrogen-bond acceptors (Lipinski definition) is 6. The largest absolute Gasteiger partial charge is 0.355 e. The van der Waals surface area contributed by atoms with E-state index in [1.807, 2.05) is 12.1 Å². The molecule has 0 saturated heterocycles. The van der Waals surface area contributed by atoms with Crippen molar-refractivity contribution in [2.75, 3.05) is 0 Å². The lowest BCUT2D eigenvalue weighted by Crippen LogP contribution is -2.16. The molecule has 2 N–H and O–H groups in total. The van der Waals surface area contributed by atoms with E-state index in [-0.39, 0.29) is 33.0 Å². The lowest BCUT2D eigenvalue weighted by atomic mass is 9.78. The molecule has 10 nitrogen and oxygen atoms in total. The molecule has 70 heavy (non-hydrogen) atoms. The van der Waals surface area contributed by atoms with E-state index in [0.717, 1.165) is 78.0 Å². The number of H-pyrrole nitrogens is 2. The van der Waals surface area contributed by atoms with Crippen LogP contribution in [0.1, 0.15) is 134 Å². The Kier molecular flexibility index (Phi) is 11.5. The Morgan fingerprint density at radius 3 is 1.41 bits per heavy atom. The zero-order valence-electron chi connectivity index (χ0n) is 42.1. The highest BCUT2D eigenvalue weighted by Gasteiger charge is 2.26. The summed E-state index contributed by atoms with van der Waals surface area (Å²) in [7, 11) is 0. The highest BCUT2D eigenvalue weighted by Crippen LogP contribution is 2.43. The van der Waals surface area contributed by atoms with Gasteiger partial charge in [0.25, 0.3) is 11.4 Å². The second kappa shape index (κ2) is 17.1. The summed E-state index contributed by atoms with van der Waals surface area (Å²) in [5.41, 5.74) is 17.2. The maximum Gasteiger partial charge on any atom is 0.269 e. The van der Waals surface area contributed by atoms with Crippen LogP contribution in [0.25, 0.3) is 79.2 Å². The molecule has 8 bridgehead atoms. The molecule has 0 radical (unpaired) electrons. The molecule has 2 aliphatic heterocycles. The van der Waals surface area contributed by atoms with Crippen molar-refractivity contribution in [3.63, 3.8) is 0 Å². The highest BCUT2D eigenvalue weighted by atomic mass is 16.6. The molecule has 0 unspecified atom stereocenters. The van der Waals surface area contributed by atoms with Gasteiger partial charge >= 0.3 is 0 Å². The van der Waals surface area contributed by atoms with Gasteiger partial charge in [-0.1, -0.05) is 119 Å². The topological polar surface area (TPSA) is 144 Å². The smallest absolute Gasteiger partial charge is 0.269 e. The minimum absolute atomic E-state index is 0.00961. The van der Waals surface area contributed by atoms with Gasteiger partial charge in [0.05, 0.1) is 32.6 Å². The second-order valence-corrected chi connectivity index (χ2v) is 22.8. The van der Waals surface area contributed by atoms with E-state index >= 15 is 0 Å². The van der Waals surface area contributed by atoms with E-state index in [0.29, 0.717) is 11.4 Å². The van der Waals surface area contributed by atoms with Gasteiger partial charge in [0, 0.05) is 68.6 Å². The zero-order chi connectivity index (χ0) is 50.2. The zero-order valence-corrected chi connectivity index (χ0v) is 42.1. The quantitative estimate of drug-likeness (QED) is 0.125. The molecular weight excluding hydrogens is 869 g/mol. The predicted octanol–water partition coefficient (Wildman–Crippen LogP) is 16.1. The lowest BCUT2D eigenvalue weighted by Gasteiger charge is -2.26. The van der Waals surface area contributed by atoms with Crippen molar-refractivity contribution in [2.24, 2.45) is 0 Å². The van der Waals surface area contributed by atoms with Crippen LogP contribution in [0, 0.1) is 20.2 Å². The van der Waals surface area contributed by atoms with Gasteiger partial charge in [-0.15, -0.1) is 0 Å². The molecular formula is C60H60N6O4. The molecule has 4 aromatic carbocycles. The van der Waals surface area contributed by atoms with Crippen molar-refractivity contribution >= 4 is 57.2 Å². The fourth-order valence-electron chi connectivity index (χ4n) is 9.08. The molecule has 3 aromatic heterocycles. The average Bonchev–Trinajstić information content (AvgIpc) is 4.11. The van der Waals surface area contributed by atoms with Gasteiger partial charge in [0.1, 0.15) is 0 Å².